The van der Waals surface area contributed by atoms with Crippen LogP contribution in [-0.4, -0.2) is 28.9 Å². The number of hydrogen-bond acceptors (Lipinski definition) is 3. The average Bonchev–Trinajstić information content (AvgIpc) is 3.11. The highest BCUT2D eigenvalue weighted by Gasteiger charge is 2.52. The Balaban J connectivity index is 1.44. The molecule has 4 heteroatoms. The van der Waals surface area contributed by atoms with Crippen molar-refractivity contribution in [3.05, 3.63) is 15.6 Å². The first-order valence-electron chi connectivity index (χ1n) is 7.82. The summed E-state index contributed by atoms with van der Waals surface area (Å²) in [6.07, 6.45) is 4.85. The third kappa shape index (κ3) is 1.92. The normalized spacial score (nSPS) is 34.8. The molecule has 1 saturated heterocycles. The Kier molecular flexibility index (Phi) is 2.92. The second-order valence-electron chi connectivity index (χ2n) is 6.88. The zero-order valence-electron chi connectivity index (χ0n) is 12.3. The van der Waals surface area contributed by atoms with Crippen molar-refractivity contribution in [2.75, 3.05) is 13.1 Å². The van der Waals surface area contributed by atoms with Gasteiger partial charge in [0.15, 0.2) is 0 Å². The van der Waals surface area contributed by atoms with Crippen LogP contribution in [0.2, 0.25) is 0 Å². The Morgan fingerprint density at radius 1 is 1.25 bits per heavy atom. The van der Waals surface area contributed by atoms with Gasteiger partial charge in [-0.15, -0.1) is 11.3 Å². The molecule has 1 amide bonds. The summed E-state index contributed by atoms with van der Waals surface area (Å²) in [7, 11) is 0. The fourth-order valence-corrected chi connectivity index (χ4v) is 5.80. The Hall–Kier alpha value is -0.900. The summed E-state index contributed by atoms with van der Waals surface area (Å²) in [6, 6.07) is 0. The molecule has 4 atom stereocenters. The number of carbonyl (C=O) groups is 1. The van der Waals surface area contributed by atoms with Crippen LogP contribution in [0.25, 0.3) is 0 Å². The monoisotopic (exact) mass is 290 g/mol. The van der Waals surface area contributed by atoms with Crippen molar-refractivity contribution in [1.82, 2.24) is 9.88 Å². The van der Waals surface area contributed by atoms with Crippen molar-refractivity contribution in [3.63, 3.8) is 0 Å². The van der Waals surface area contributed by atoms with E-state index >= 15 is 0 Å². The van der Waals surface area contributed by atoms with Gasteiger partial charge in [-0.25, -0.2) is 4.98 Å². The zero-order chi connectivity index (χ0) is 13.9. The quantitative estimate of drug-likeness (QED) is 0.839. The molecule has 1 aromatic rings. The lowest BCUT2D eigenvalue weighted by Crippen LogP contribution is -2.31. The Morgan fingerprint density at radius 2 is 1.90 bits per heavy atom. The number of amides is 1. The molecule has 20 heavy (non-hydrogen) atoms. The van der Waals surface area contributed by atoms with E-state index in [0.29, 0.717) is 12.3 Å². The van der Waals surface area contributed by atoms with Gasteiger partial charge >= 0.3 is 0 Å². The smallest absolute Gasteiger partial charge is 0.227 e. The first-order chi connectivity index (χ1) is 9.61. The van der Waals surface area contributed by atoms with Gasteiger partial charge in [0.05, 0.1) is 17.1 Å². The first kappa shape index (κ1) is 12.8. The molecular formula is C16H22N2OS. The molecule has 0 aromatic carbocycles. The molecule has 2 aliphatic carbocycles. The van der Waals surface area contributed by atoms with E-state index in [1.807, 2.05) is 13.8 Å². The Labute approximate surface area is 124 Å². The molecule has 1 aromatic heterocycles. The Morgan fingerprint density at radius 3 is 2.45 bits per heavy atom. The summed E-state index contributed by atoms with van der Waals surface area (Å²) < 4.78 is 0. The molecule has 0 spiro atoms. The maximum absolute atomic E-state index is 12.5. The number of nitrogens with zero attached hydrogens (tertiary/aromatic N) is 2. The van der Waals surface area contributed by atoms with Crippen LogP contribution in [0.15, 0.2) is 0 Å². The van der Waals surface area contributed by atoms with Gasteiger partial charge in [-0.05, 0) is 56.8 Å². The van der Waals surface area contributed by atoms with Crippen LogP contribution < -0.4 is 0 Å². The molecule has 4 rings (SSSR count). The molecule has 2 saturated carbocycles. The SMILES string of the molecule is Cc1nc(C)c(CC(=O)N2C[C@@H]3[C@@H]4CC[C@@H](C4)[C@@H]3C2)s1. The highest BCUT2D eigenvalue weighted by atomic mass is 32.1. The summed E-state index contributed by atoms with van der Waals surface area (Å²) in [6.45, 7) is 6.09. The van der Waals surface area contributed by atoms with E-state index < -0.39 is 0 Å². The summed E-state index contributed by atoms with van der Waals surface area (Å²) in [5.41, 5.74) is 1.04. The van der Waals surface area contributed by atoms with Crippen LogP contribution in [0, 0.1) is 37.5 Å². The molecular weight excluding hydrogens is 268 g/mol. The largest absolute Gasteiger partial charge is 0.342 e. The van der Waals surface area contributed by atoms with Gasteiger partial charge in [0.2, 0.25) is 5.91 Å². The van der Waals surface area contributed by atoms with Gasteiger partial charge in [0.25, 0.3) is 0 Å². The molecule has 0 N–H and O–H groups in total. The fraction of sp³-hybridized carbons (Fsp3) is 0.750. The van der Waals surface area contributed by atoms with E-state index in [4.69, 9.17) is 0 Å². The standard InChI is InChI=1S/C16H22N2OS/c1-9-15(20-10(2)17-9)6-16(19)18-7-13-11-3-4-12(5-11)14(13)8-18/h11-14H,3-8H2,1-2H3/t11-,12+,13-,14+. The van der Waals surface area contributed by atoms with Gasteiger partial charge in [-0.1, -0.05) is 0 Å². The van der Waals surface area contributed by atoms with E-state index in [-0.39, 0.29) is 0 Å². The maximum Gasteiger partial charge on any atom is 0.227 e. The first-order valence-corrected chi connectivity index (χ1v) is 8.64. The lowest BCUT2D eigenvalue weighted by molar-refractivity contribution is -0.129. The summed E-state index contributed by atoms with van der Waals surface area (Å²) in [5, 5.41) is 1.07. The van der Waals surface area contributed by atoms with Crippen molar-refractivity contribution in [1.29, 1.82) is 0 Å². The van der Waals surface area contributed by atoms with Gasteiger partial charge in [-0.3, -0.25) is 4.79 Å². The molecule has 3 nitrogen and oxygen atoms in total. The van der Waals surface area contributed by atoms with Crippen molar-refractivity contribution < 1.29 is 4.79 Å². The van der Waals surface area contributed by atoms with E-state index in [0.717, 1.165) is 52.3 Å². The number of aryl methyl sites for hydroxylation is 2. The number of fused-ring (bicyclic) bond motifs is 5. The number of likely N-dealkylation sites (tertiary alicyclic amines) is 1. The molecule has 0 unspecified atom stereocenters. The van der Waals surface area contributed by atoms with Gasteiger partial charge in [0, 0.05) is 18.0 Å². The summed E-state index contributed by atoms with van der Waals surface area (Å²) in [5.74, 6) is 3.82. The molecule has 3 aliphatic rings. The van der Waals surface area contributed by atoms with Crippen LogP contribution in [0.4, 0.5) is 0 Å². The molecule has 108 valence electrons. The van der Waals surface area contributed by atoms with Crippen LogP contribution in [0.1, 0.15) is 34.8 Å². The number of thiazole rings is 1. The highest BCUT2D eigenvalue weighted by molar-refractivity contribution is 7.11. The number of aromatic nitrogens is 1. The lowest BCUT2D eigenvalue weighted by Gasteiger charge is -2.22. The average molecular weight is 290 g/mol. The van der Waals surface area contributed by atoms with Crippen LogP contribution in [0.3, 0.4) is 0 Å². The summed E-state index contributed by atoms with van der Waals surface area (Å²) in [4.78, 5) is 20.3. The van der Waals surface area contributed by atoms with Crippen LogP contribution in [-0.2, 0) is 11.2 Å². The Bertz CT molecular complexity index is 535. The number of carbonyl (C=O) groups excluding carboxylic acids is 1. The summed E-state index contributed by atoms with van der Waals surface area (Å²) >= 11 is 1.68. The molecule has 0 radical (unpaired) electrons. The minimum absolute atomic E-state index is 0.325. The van der Waals surface area contributed by atoms with Crippen LogP contribution >= 0.6 is 11.3 Å². The second-order valence-corrected chi connectivity index (χ2v) is 8.17. The predicted molar refractivity (Wildman–Crippen MR) is 79.7 cm³/mol. The molecule has 2 bridgehead atoms. The minimum Gasteiger partial charge on any atom is -0.342 e. The van der Waals surface area contributed by atoms with Crippen molar-refractivity contribution >= 4 is 17.2 Å². The topological polar surface area (TPSA) is 33.2 Å². The lowest BCUT2D eigenvalue weighted by atomic mass is 9.82. The van der Waals surface area contributed by atoms with Crippen molar-refractivity contribution in [2.24, 2.45) is 23.7 Å². The molecule has 2 heterocycles. The van der Waals surface area contributed by atoms with Crippen molar-refractivity contribution in [3.8, 4) is 0 Å². The minimum atomic E-state index is 0.325. The van der Waals surface area contributed by atoms with E-state index in [9.17, 15) is 4.79 Å². The van der Waals surface area contributed by atoms with E-state index in [1.165, 1.54) is 19.3 Å². The third-order valence-corrected chi connectivity index (χ3v) is 6.87. The highest BCUT2D eigenvalue weighted by Crippen LogP contribution is 2.55. The predicted octanol–water partition coefficient (Wildman–Crippen LogP) is 2.81. The van der Waals surface area contributed by atoms with E-state index in [1.54, 1.807) is 11.3 Å². The van der Waals surface area contributed by atoms with E-state index in [2.05, 4.69) is 9.88 Å². The maximum atomic E-state index is 12.5. The second kappa shape index (κ2) is 4.55. The third-order valence-electron chi connectivity index (χ3n) is 5.80. The number of rotatable bonds is 2. The van der Waals surface area contributed by atoms with Crippen molar-refractivity contribution in [2.45, 2.75) is 39.5 Å². The van der Waals surface area contributed by atoms with Gasteiger partial charge < -0.3 is 4.90 Å². The number of hydrogen-bond donors (Lipinski definition) is 0. The van der Waals surface area contributed by atoms with Crippen LogP contribution in [0.5, 0.6) is 0 Å². The molecule has 1 aliphatic heterocycles. The van der Waals surface area contributed by atoms with Gasteiger partial charge in [0.1, 0.15) is 0 Å². The molecule has 3 fully saturated rings. The fourth-order valence-electron chi connectivity index (χ4n) is 4.87. The van der Waals surface area contributed by atoms with Gasteiger partial charge in [-0.2, -0.15) is 0 Å². The zero-order valence-corrected chi connectivity index (χ0v) is 13.1.